The number of aryl methyl sites for hydroxylation is 1. The minimum Gasteiger partial charge on any atom is -0.317 e. The molecule has 2 heterocycles. The van der Waals surface area contributed by atoms with Crippen molar-refractivity contribution >= 4 is 0 Å². The van der Waals surface area contributed by atoms with Gasteiger partial charge in [-0.15, -0.1) is 10.2 Å². The third-order valence-electron chi connectivity index (χ3n) is 2.93. The van der Waals surface area contributed by atoms with Gasteiger partial charge in [-0.25, -0.2) is 0 Å². The Kier molecular flexibility index (Phi) is 3.49. The number of hydrogen-bond acceptors (Lipinski definition) is 4. The Balaban J connectivity index is 1.97. The third-order valence-corrected chi connectivity index (χ3v) is 2.93. The highest BCUT2D eigenvalue weighted by Crippen LogP contribution is 2.10. The summed E-state index contributed by atoms with van der Waals surface area (Å²) in [6, 6.07) is 4.26. The van der Waals surface area contributed by atoms with Gasteiger partial charge in [0.25, 0.3) is 0 Å². The highest BCUT2D eigenvalue weighted by Gasteiger charge is 2.08. The molecule has 0 spiro atoms. The molecule has 0 unspecified atom stereocenters. The molecule has 0 saturated heterocycles. The van der Waals surface area contributed by atoms with Crippen molar-refractivity contribution in [3.8, 4) is 0 Å². The van der Waals surface area contributed by atoms with E-state index in [1.54, 1.807) is 6.20 Å². The molecular weight excluding hydrogens is 214 g/mol. The second-order valence-electron chi connectivity index (χ2n) is 4.11. The summed E-state index contributed by atoms with van der Waals surface area (Å²) in [5, 5.41) is 11.5. The van der Waals surface area contributed by atoms with Crippen molar-refractivity contribution in [3.63, 3.8) is 0 Å². The standard InChI is InChI=1S/C12H17N5/c1-9(11-5-4-6-13-7-11)14-8-12-16-15-10(2)17(12)3/h4-7,9,14H,8H2,1-3H3/t9-/m1/s1. The van der Waals surface area contributed by atoms with Crippen LogP contribution in [0.15, 0.2) is 24.5 Å². The number of nitrogens with one attached hydrogen (secondary N) is 1. The van der Waals surface area contributed by atoms with Crippen molar-refractivity contribution in [3.05, 3.63) is 41.7 Å². The highest BCUT2D eigenvalue weighted by molar-refractivity contribution is 5.12. The van der Waals surface area contributed by atoms with Crippen LogP contribution in [0.5, 0.6) is 0 Å². The smallest absolute Gasteiger partial charge is 0.146 e. The molecule has 0 aliphatic carbocycles. The second kappa shape index (κ2) is 5.05. The maximum Gasteiger partial charge on any atom is 0.146 e. The van der Waals surface area contributed by atoms with Crippen LogP contribution in [-0.4, -0.2) is 19.7 Å². The van der Waals surface area contributed by atoms with Gasteiger partial charge in [-0.05, 0) is 25.5 Å². The van der Waals surface area contributed by atoms with Crippen LogP contribution in [0.3, 0.4) is 0 Å². The zero-order valence-electron chi connectivity index (χ0n) is 10.4. The summed E-state index contributed by atoms with van der Waals surface area (Å²) >= 11 is 0. The van der Waals surface area contributed by atoms with Gasteiger partial charge in [0, 0.05) is 25.5 Å². The Hall–Kier alpha value is -1.75. The Labute approximate surface area is 101 Å². The van der Waals surface area contributed by atoms with E-state index in [-0.39, 0.29) is 6.04 Å². The largest absolute Gasteiger partial charge is 0.317 e. The Morgan fingerprint density at radius 1 is 1.41 bits per heavy atom. The Morgan fingerprint density at radius 2 is 2.24 bits per heavy atom. The molecule has 5 nitrogen and oxygen atoms in total. The number of rotatable bonds is 4. The van der Waals surface area contributed by atoms with Crippen molar-refractivity contribution in [2.24, 2.45) is 7.05 Å². The lowest BCUT2D eigenvalue weighted by molar-refractivity contribution is 0.546. The lowest BCUT2D eigenvalue weighted by atomic mass is 10.1. The van der Waals surface area contributed by atoms with Gasteiger partial charge in [-0.3, -0.25) is 4.98 Å². The second-order valence-corrected chi connectivity index (χ2v) is 4.11. The van der Waals surface area contributed by atoms with Gasteiger partial charge in [0.1, 0.15) is 11.6 Å². The lowest BCUT2D eigenvalue weighted by Gasteiger charge is -2.13. The monoisotopic (exact) mass is 231 g/mol. The summed E-state index contributed by atoms with van der Waals surface area (Å²) in [6.07, 6.45) is 3.65. The minimum atomic E-state index is 0.251. The molecule has 17 heavy (non-hydrogen) atoms. The summed E-state index contributed by atoms with van der Waals surface area (Å²) in [5.41, 5.74) is 1.17. The van der Waals surface area contributed by atoms with E-state index in [9.17, 15) is 0 Å². The molecule has 0 amide bonds. The maximum absolute atomic E-state index is 4.12. The van der Waals surface area contributed by atoms with E-state index in [1.165, 1.54) is 5.56 Å². The quantitative estimate of drug-likeness (QED) is 0.863. The van der Waals surface area contributed by atoms with Crippen LogP contribution in [0.1, 0.15) is 30.2 Å². The van der Waals surface area contributed by atoms with Crippen LogP contribution >= 0.6 is 0 Å². The van der Waals surface area contributed by atoms with E-state index in [1.807, 2.05) is 30.8 Å². The Morgan fingerprint density at radius 3 is 2.82 bits per heavy atom. The summed E-state index contributed by atoms with van der Waals surface area (Å²) in [4.78, 5) is 4.11. The van der Waals surface area contributed by atoms with Gasteiger partial charge in [0.05, 0.1) is 6.54 Å². The molecule has 0 saturated carbocycles. The predicted octanol–water partition coefficient (Wildman–Crippen LogP) is 1.37. The molecule has 2 aromatic rings. The fourth-order valence-corrected chi connectivity index (χ4v) is 1.60. The van der Waals surface area contributed by atoms with E-state index in [2.05, 4.69) is 33.5 Å². The molecule has 0 aliphatic rings. The summed E-state index contributed by atoms with van der Waals surface area (Å²) in [7, 11) is 1.97. The van der Waals surface area contributed by atoms with Gasteiger partial charge in [0.15, 0.2) is 0 Å². The lowest BCUT2D eigenvalue weighted by Crippen LogP contribution is -2.20. The van der Waals surface area contributed by atoms with E-state index in [0.717, 1.165) is 11.6 Å². The molecule has 2 rings (SSSR count). The Bertz CT molecular complexity index is 477. The van der Waals surface area contributed by atoms with E-state index >= 15 is 0 Å². The molecule has 2 aromatic heterocycles. The third kappa shape index (κ3) is 2.68. The first-order chi connectivity index (χ1) is 8.18. The van der Waals surface area contributed by atoms with Crippen molar-refractivity contribution in [1.29, 1.82) is 0 Å². The zero-order chi connectivity index (χ0) is 12.3. The van der Waals surface area contributed by atoms with Gasteiger partial charge in [0.2, 0.25) is 0 Å². The van der Waals surface area contributed by atoms with E-state index < -0.39 is 0 Å². The first-order valence-corrected chi connectivity index (χ1v) is 5.66. The molecular formula is C12H17N5. The summed E-state index contributed by atoms with van der Waals surface area (Å²) in [5.74, 6) is 1.87. The zero-order valence-corrected chi connectivity index (χ0v) is 10.4. The average Bonchev–Trinajstić information content (AvgIpc) is 2.68. The topological polar surface area (TPSA) is 55.6 Å². The highest BCUT2D eigenvalue weighted by atomic mass is 15.3. The normalized spacial score (nSPS) is 12.6. The van der Waals surface area contributed by atoms with Crippen molar-refractivity contribution < 1.29 is 0 Å². The van der Waals surface area contributed by atoms with Crippen LogP contribution in [0.4, 0.5) is 0 Å². The summed E-state index contributed by atoms with van der Waals surface area (Å²) < 4.78 is 1.99. The molecule has 5 heteroatoms. The fraction of sp³-hybridized carbons (Fsp3) is 0.417. The van der Waals surface area contributed by atoms with Crippen molar-refractivity contribution in [1.82, 2.24) is 25.1 Å². The van der Waals surface area contributed by atoms with Crippen molar-refractivity contribution in [2.45, 2.75) is 26.4 Å². The van der Waals surface area contributed by atoms with Crippen LogP contribution in [-0.2, 0) is 13.6 Å². The molecule has 1 N–H and O–H groups in total. The maximum atomic E-state index is 4.12. The number of aromatic nitrogens is 4. The molecule has 0 fully saturated rings. The molecule has 0 radical (unpaired) electrons. The molecule has 0 bridgehead atoms. The van der Waals surface area contributed by atoms with Crippen LogP contribution < -0.4 is 5.32 Å². The molecule has 0 aromatic carbocycles. The van der Waals surface area contributed by atoms with E-state index in [0.29, 0.717) is 6.54 Å². The average molecular weight is 231 g/mol. The molecule has 0 aliphatic heterocycles. The fourth-order valence-electron chi connectivity index (χ4n) is 1.60. The summed E-state index contributed by atoms with van der Waals surface area (Å²) in [6.45, 7) is 4.76. The van der Waals surface area contributed by atoms with Crippen LogP contribution in [0.25, 0.3) is 0 Å². The van der Waals surface area contributed by atoms with Gasteiger partial charge in [-0.2, -0.15) is 0 Å². The van der Waals surface area contributed by atoms with Crippen molar-refractivity contribution in [2.75, 3.05) is 0 Å². The number of pyridine rings is 1. The van der Waals surface area contributed by atoms with Gasteiger partial charge >= 0.3 is 0 Å². The van der Waals surface area contributed by atoms with Crippen LogP contribution in [0.2, 0.25) is 0 Å². The van der Waals surface area contributed by atoms with Gasteiger partial charge in [-0.1, -0.05) is 6.07 Å². The SMILES string of the molecule is Cc1nnc(CN[C@H](C)c2cccnc2)n1C. The van der Waals surface area contributed by atoms with Gasteiger partial charge < -0.3 is 9.88 Å². The number of hydrogen-bond donors (Lipinski definition) is 1. The molecule has 1 atom stereocenters. The van der Waals surface area contributed by atoms with E-state index in [4.69, 9.17) is 0 Å². The minimum absolute atomic E-state index is 0.251. The first kappa shape index (κ1) is 11.7. The predicted molar refractivity (Wildman–Crippen MR) is 65.2 cm³/mol. The molecule has 90 valence electrons. The first-order valence-electron chi connectivity index (χ1n) is 5.66. The van der Waals surface area contributed by atoms with Crippen LogP contribution in [0, 0.1) is 6.92 Å². The number of nitrogens with zero attached hydrogens (tertiary/aromatic N) is 4.